The number of ether oxygens (including phenoxy) is 3. The fraction of sp³-hybridized carbons (Fsp3) is 0.235. The van der Waals surface area contributed by atoms with Gasteiger partial charge in [-0.3, -0.25) is 0 Å². The molecule has 0 saturated carbocycles. The molecule has 0 saturated heterocycles. The van der Waals surface area contributed by atoms with Crippen LogP contribution in [0.2, 0.25) is 0 Å². The third-order valence-electron chi connectivity index (χ3n) is 4.09. The molecule has 0 spiro atoms. The van der Waals surface area contributed by atoms with Gasteiger partial charge in [0.15, 0.2) is 0 Å². The first-order valence-electron chi connectivity index (χ1n) is 6.88. The Morgan fingerprint density at radius 3 is 2.86 bits per heavy atom. The fourth-order valence-electron chi connectivity index (χ4n) is 3.06. The lowest BCUT2D eigenvalue weighted by molar-refractivity contribution is 0.0600. The summed E-state index contributed by atoms with van der Waals surface area (Å²) in [6.07, 6.45) is -0.0437. The molecule has 0 bridgehead atoms. The van der Waals surface area contributed by atoms with Crippen molar-refractivity contribution >= 4 is 5.97 Å². The number of para-hydroxylation sites is 1. The molecule has 21 heavy (non-hydrogen) atoms. The van der Waals surface area contributed by atoms with E-state index in [4.69, 9.17) is 14.2 Å². The Morgan fingerprint density at radius 2 is 2.00 bits per heavy atom. The molecule has 2 aliphatic heterocycles. The largest absolute Gasteiger partial charge is 0.492 e. The topological polar surface area (TPSA) is 44.8 Å². The maximum Gasteiger partial charge on any atom is 0.337 e. The van der Waals surface area contributed by atoms with Crippen LogP contribution in [0.4, 0.5) is 0 Å². The van der Waals surface area contributed by atoms with E-state index in [1.165, 1.54) is 7.11 Å². The normalized spacial score (nSPS) is 21.4. The van der Waals surface area contributed by atoms with Gasteiger partial charge in [-0.2, -0.15) is 0 Å². The maximum atomic E-state index is 11.7. The highest BCUT2D eigenvalue weighted by Gasteiger charge is 2.40. The molecule has 0 radical (unpaired) electrons. The molecule has 2 aliphatic rings. The first kappa shape index (κ1) is 12.3. The summed E-state index contributed by atoms with van der Waals surface area (Å²) in [7, 11) is 1.38. The third kappa shape index (κ3) is 1.79. The predicted octanol–water partition coefficient (Wildman–Crippen LogP) is 3.08. The van der Waals surface area contributed by atoms with E-state index in [0.29, 0.717) is 12.2 Å². The van der Waals surface area contributed by atoms with Crippen LogP contribution in [0.15, 0.2) is 42.5 Å². The summed E-state index contributed by atoms with van der Waals surface area (Å²) < 4.78 is 16.7. The quantitative estimate of drug-likeness (QED) is 0.754. The summed E-state index contributed by atoms with van der Waals surface area (Å²) in [5.74, 6) is 1.47. The lowest BCUT2D eigenvalue weighted by Gasteiger charge is -2.27. The van der Waals surface area contributed by atoms with Crippen LogP contribution < -0.4 is 9.47 Å². The van der Waals surface area contributed by atoms with Crippen molar-refractivity contribution in [2.24, 2.45) is 0 Å². The van der Waals surface area contributed by atoms with Gasteiger partial charge in [-0.1, -0.05) is 18.2 Å². The number of benzene rings is 2. The number of fused-ring (bicyclic) bond motifs is 5. The zero-order valence-electron chi connectivity index (χ0n) is 11.5. The molecule has 2 heterocycles. The molecular weight excluding hydrogens is 268 g/mol. The molecule has 2 aromatic rings. The van der Waals surface area contributed by atoms with Gasteiger partial charge in [-0.15, -0.1) is 0 Å². The summed E-state index contributed by atoms with van der Waals surface area (Å²) in [6.45, 7) is 0.555. The Labute approximate surface area is 122 Å². The molecule has 0 N–H and O–H groups in total. The van der Waals surface area contributed by atoms with E-state index in [1.54, 1.807) is 6.07 Å². The molecule has 0 unspecified atom stereocenters. The highest BCUT2D eigenvalue weighted by molar-refractivity contribution is 5.90. The third-order valence-corrected chi connectivity index (χ3v) is 4.09. The summed E-state index contributed by atoms with van der Waals surface area (Å²) in [5.41, 5.74) is 2.61. The van der Waals surface area contributed by atoms with Crippen molar-refractivity contribution in [1.29, 1.82) is 0 Å². The second-order valence-electron chi connectivity index (χ2n) is 5.24. The van der Waals surface area contributed by atoms with Gasteiger partial charge in [-0.25, -0.2) is 4.79 Å². The molecule has 0 aliphatic carbocycles. The van der Waals surface area contributed by atoms with Crippen molar-refractivity contribution < 1.29 is 19.0 Å². The van der Waals surface area contributed by atoms with E-state index in [2.05, 4.69) is 0 Å². The van der Waals surface area contributed by atoms with Crippen molar-refractivity contribution in [1.82, 2.24) is 0 Å². The van der Waals surface area contributed by atoms with Gasteiger partial charge in [0.25, 0.3) is 0 Å². The van der Waals surface area contributed by atoms with Crippen LogP contribution in [0, 0.1) is 0 Å². The second kappa shape index (κ2) is 4.52. The highest BCUT2D eigenvalue weighted by Crippen LogP contribution is 2.50. The number of carbonyl (C=O) groups is 1. The van der Waals surface area contributed by atoms with E-state index in [1.807, 2.05) is 36.4 Å². The van der Waals surface area contributed by atoms with Crippen LogP contribution in [0.25, 0.3) is 0 Å². The second-order valence-corrected chi connectivity index (χ2v) is 5.24. The van der Waals surface area contributed by atoms with Crippen molar-refractivity contribution in [3.8, 4) is 11.5 Å². The van der Waals surface area contributed by atoms with E-state index >= 15 is 0 Å². The molecule has 0 fully saturated rings. The van der Waals surface area contributed by atoms with Gasteiger partial charge in [0.2, 0.25) is 0 Å². The highest BCUT2D eigenvalue weighted by atomic mass is 16.5. The van der Waals surface area contributed by atoms with Gasteiger partial charge in [0.1, 0.15) is 17.6 Å². The van der Waals surface area contributed by atoms with Crippen LogP contribution >= 0.6 is 0 Å². The molecule has 0 aromatic heterocycles. The zero-order valence-corrected chi connectivity index (χ0v) is 11.5. The molecule has 0 amide bonds. The molecule has 4 heteroatoms. The maximum absolute atomic E-state index is 11.7. The number of methoxy groups -OCH3 is 1. The number of hydrogen-bond acceptors (Lipinski definition) is 4. The van der Waals surface area contributed by atoms with E-state index in [0.717, 1.165) is 22.6 Å². The molecule has 2 atom stereocenters. The summed E-state index contributed by atoms with van der Waals surface area (Å²) in [5, 5.41) is 0. The average Bonchev–Trinajstić information content (AvgIpc) is 2.92. The Balaban J connectivity index is 1.76. The van der Waals surface area contributed by atoms with Crippen molar-refractivity contribution in [2.75, 3.05) is 13.7 Å². The van der Waals surface area contributed by atoms with Crippen LogP contribution in [-0.4, -0.2) is 19.7 Å². The standard InChI is InChI=1S/C17H14O4/c1-19-17(18)10-6-7-15-12(8-10)13-9-20-14-5-3-2-4-11(14)16(13)21-15/h2-8,13,16H,9H2,1H3/t13-,16-/m1/s1. The number of carbonyl (C=O) groups excluding carboxylic acids is 1. The van der Waals surface area contributed by atoms with E-state index in [-0.39, 0.29) is 18.0 Å². The van der Waals surface area contributed by atoms with Crippen LogP contribution in [-0.2, 0) is 4.74 Å². The minimum Gasteiger partial charge on any atom is -0.492 e. The Bertz CT molecular complexity index is 722. The number of rotatable bonds is 1. The molecule has 2 aromatic carbocycles. The zero-order chi connectivity index (χ0) is 14.4. The summed E-state index contributed by atoms with van der Waals surface area (Å²) in [4.78, 5) is 11.7. The number of esters is 1. The summed E-state index contributed by atoms with van der Waals surface area (Å²) >= 11 is 0. The average molecular weight is 282 g/mol. The minimum atomic E-state index is -0.335. The van der Waals surface area contributed by atoms with Crippen molar-refractivity contribution in [3.63, 3.8) is 0 Å². The van der Waals surface area contributed by atoms with Gasteiger partial charge in [0.05, 0.1) is 25.2 Å². The fourth-order valence-corrected chi connectivity index (χ4v) is 3.06. The lowest BCUT2D eigenvalue weighted by atomic mass is 9.89. The van der Waals surface area contributed by atoms with Crippen molar-refractivity contribution in [2.45, 2.75) is 12.0 Å². The van der Waals surface area contributed by atoms with Crippen LogP contribution in [0.5, 0.6) is 11.5 Å². The first-order valence-corrected chi connectivity index (χ1v) is 6.88. The minimum absolute atomic E-state index is 0.0437. The summed E-state index contributed by atoms with van der Waals surface area (Å²) in [6, 6.07) is 13.3. The van der Waals surface area contributed by atoms with Gasteiger partial charge < -0.3 is 14.2 Å². The molecular formula is C17H14O4. The molecule has 4 rings (SSSR count). The lowest BCUT2D eigenvalue weighted by Crippen LogP contribution is -2.23. The van der Waals surface area contributed by atoms with Gasteiger partial charge >= 0.3 is 5.97 Å². The molecule has 4 nitrogen and oxygen atoms in total. The Morgan fingerprint density at radius 1 is 1.14 bits per heavy atom. The van der Waals surface area contributed by atoms with Crippen LogP contribution in [0.3, 0.4) is 0 Å². The number of hydrogen-bond donors (Lipinski definition) is 0. The van der Waals surface area contributed by atoms with Crippen molar-refractivity contribution in [3.05, 3.63) is 59.2 Å². The first-order chi connectivity index (χ1) is 10.3. The smallest absolute Gasteiger partial charge is 0.337 e. The predicted molar refractivity (Wildman–Crippen MR) is 75.8 cm³/mol. The van der Waals surface area contributed by atoms with E-state index < -0.39 is 0 Å². The SMILES string of the molecule is COC(=O)c1ccc2c(c1)[C@H]1COc3ccccc3[C@H]1O2. The van der Waals surface area contributed by atoms with Crippen LogP contribution in [0.1, 0.15) is 33.5 Å². The van der Waals surface area contributed by atoms with E-state index in [9.17, 15) is 4.79 Å². The van der Waals surface area contributed by atoms with Gasteiger partial charge in [-0.05, 0) is 24.3 Å². The molecule has 106 valence electrons. The Kier molecular flexibility index (Phi) is 2.64. The van der Waals surface area contributed by atoms with Gasteiger partial charge in [0, 0.05) is 11.1 Å². The monoisotopic (exact) mass is 282 g/mol. The Hall–Kier alpha value is -2.49.